The lowest BCUT2D eigenvalue weighted by molar-refractivity contribution is -0.870. The number of rotatable bonds is 42. The van der Waals surface area contributed by atoms with Gasteiger partial charge in [0.1, 0.15) is 19.8 Å². The van der Waals surface area contributed by atoms with Crippen LogP contribution in [0.25, 0.3) is 0 Å². The summed E-state index contributed by atoms with van der Waals surface area (Å²) in [6.07, 6.45) is 47.1. The lowest BCUT2D eigenvalue weighted by atomic mass is 10.1. The van der Waals surface area contributed by atoms with Gasteiger partial charge in [0.15, 0.2) is 6.10 Å². The number of phosphoric ester groups is 1. The number of hydrogen-bond acceptors (Lipinski definition) is 8. The van der Waals surface area contributed by atoms with Gasteiger partial charge in [-0.25, -0.2) is 0 Å². The molecule has 0 saturated heterocycles. The molecule has 9 nitrogen and oxygen atoms in total. The SMILES string of the molecule is CCCCC/C=C/C/C=C/C/C=C/CCCCC(=O)O[C@H](COC(=O)CCCCCCCCCCC/C=C/CCCCCCCC)COP(=O)([O-])OCC[N+](C)(C)C. The van der Waals surface area contributed by atoms with Gasteiger partial charge in [-0.2, -0.15) is 0 Å². The highest BCUT2D eigenvalue weighted by molar-refractivity contribution is 7.45. The van der Waals surface area contributed by atoms with E-state index in [1.54, 1.807) is 0 Å². The zero-order valence-electron chi connectivity index (χ0n) is 38.0. The van der Waals surface area contributed by atoms with E-state index in [1.807, 2.05) is 21.1 Å². The first-order valence-electron chi connectivity index (χ1n) is 23.3. The molecule has 0 spiro atoms. The summed E-state index contributed by atoms with van der Waals surface area (Å²) < 4.78 is 33.9. The minimum atomic E-state index is -4.64. The Bertz CT molecular complexity index is 1130. The van der Waals surface area contributed by atoms with Gasteiger partial charge in [-0.15, -0.1) is 0 Å². The zero-order chi connectivity index (χ0) is 42.8. The molecule has 0 aliphatic rings. The molecule has 1 unspecified atom stereocenters. The first-order chi connectivity index (χ1) is 28.0. The molecule has 0 bridgehead atoms. The molecule has 0 aromatic rings. The van der Waals surface area contributed by atoms with Crippen LogP contribution in [0.5, 0.6) is 0 Å². The molecule has 0 amide bonds. The molecule has 0 aromatic carbocycles. The van der Waals surface area contributed by atoms with Crippen molar-refractivity contribution in [1.82, 2.24) is 0 Å². The van der Waals surface area contributed by atoms with E-state index in [0.29, 0.717) is 17.4 Å². The van der Waals surface area contributed by atoms with Gasteiger partial charge < -0.3 is 27.9 Å². The Balaban J connectivity index is 4.36. The Morgan fingerprint density at radius 2 is 0.931 bits per heavy atom. The summed E-state index contributed by atoms with van der Waals surface area (Å²) in [7, 11) is 1.14. The largest absolute Gasteiger partial charge is 0.756 e. The number of carbonyl (C=O) groups is 2. The summed E-state index contributed by atoms with van der Waals surface area (Å²) >= 11 is 0. The fourth-order valence-corrected chi connectivity index (χ4v) is 6.85. The topological polar surface area (TPSA) is 111 Å². The number of esters is 2. The molecule has 0 N–H and O–H groups in total. The van der Waals surface area contributed by atoms with Crippen molar-refractivity contribution in [2.75, 3.05) is 47.5 Å². The van der Waals surface area contributed by atoms with Crippen molar-refractivity contribution >= 4 is 19.8 Å². The van der Waals surface area contributed by atoms with Crippen LogP contribution in [-0.4, -0.2) is 70.0 Å². The lowest BCUT2D eigenvalue weighted by Gasteiger charge is -2.28. The third-order valence-corrected chi connectivity index (χ3v) is 10.8. The van der Waals surface area contributed by atoms with E-state index in [1.165, 1.54) is 109 Å². The molecule has 338 valence electrons. The number of ether oxygens (including phenoxy) is 2. The van der Waals surface area contributed by atoms with Gasteiger partial charge in [0.2, 0.25) is 0 Å². The molecule has 0 saturated carbocycles. The first kappa shape index (κ1) is 56.0. The highest BCUT2D eigenvalue weighted by atomic mass is 31.2. The van der Waals surface area contributed by atoms with Crippen molar-refractivity contribution in [2.45, 2.75) is 200 Å². The molecule has 0 heterocycles. The predicted molar refractivity (Wildman–Crippen MR) is 240 cm³/mol. The van der Waals surface area contributed by atoms with E-state index in [2.05, 4.69) is 62.5 Å². The predicted octanol–water partition coefficient (Wildman–Crippen LogP) is 12.8. The molecule has 0 radical (unpaired) electrons. The Hall–Kier alpha value is -2.03. The number of allylic oxidation sites excluding steroid dienone is 8. The lowest BCUT2D eigenvalue weighted by Crippen LogP contribution is -2.37. The monoisotopic (exact) mass is 838 g/mol. The minimum absolute atomic E-state index is 0.0394. The van der Waals surface area contributed by atoms with E-state index in [4.69, 9.17) is 18.5 Å². The molecule has 0 aliphatic carbocycles. The van der Waals surface area contributed by atoms with Crippen molar-refractivity contribution < 1.29 is 42.1 Å². The minimum Gasteiger partial charge on any atom is -0.756 e. The third-order valence-electron chi connectivity index (χ3n) is 9.82. The first-order valence-corrected chi connectivity index (χ1v) is 24.8. The van der Waals surface area contributed by atoms with Crippen LogP contribution in [0.3, 0.4) is 0 Å². The standard InChI is InChI=1S/C48H88NO8P/c1-6-8-10-12-14-16-18-20-22-23-24-25-27-28-30-32-34-36-38-40-47(50)54-44-46(45-56-58(52,53)55-43-42-49(3,4)5)57-48(51)41-39-37-35-33-31-29-26-21-19-17-15-13-11-9-7-2/h15,17,20-22,26,31,33,46H,6-14,16,18-19,23-25,27-30,32,34-45H2,1-5H3/b17-15+,22-20+,26-21+,33-31+/t46-/m1/s1. The Kier molecular flexibility index (Phi) is 39.0. The van der Waals surface area contributed by atoms with Crippen LogP contribution in [0.1, 0.15) is 194 Å². The second-order valence-corrected chi connectivity index (χ2v) is 18.2. The average molecular weight is 838 g/mol. The number of carbonyl (C=O) groups excluding carboxylic acids is 2. The molecule has 10 heteroatoms. The Morgan fingerprint density at radius 1 is 0.534 bits per heavy atom. The van der Waals surface area contributed by atoms with Crippen molar-refractivity contribution in [3.8, 4) is 0 Å². The second kappa shape index (κ2) is 40.4. The summed E-state index contributed by atoms with van der Waals surface area (Å²) in [6, 6.07) is 0. The van der Waals surface area contributed by atoms with Crippen LogP contribution < -0.4 is 4.89 Å². The summed E-state index contributed by atoms with van der Waals surface area (Å²) in [6.45, 7) is 4.15. The van der Waals surface area contributed by atoms with Crippen LogP contribution in [-0.2, 0) is 32.7 Å². The van der Waals surface area contributed by atoms with Crippen LogP contribution >= 0.6 is 7.82 Å². The Morgan fingerprint density at radius 3 is 1.47 bits per heavy atom. The number of phosphoric acid groups is 1. The highest BCUT2D eigenvalue weighted by Crippen LogP contribution is 2.38. The number of likely N-dealkylation sites (N-methyl/N-ethyl adjacent to an activating group) is 1. The van der Waals surface area contributed by atoms with Gasteiger partial charge in [-0.05, 0) is 77.0 Å². The van der Waals surface area contributed by atoms with E-state index >= 15 is 0 Å². The van der Waals surface area contributed by atoms with Gasteiger partial charge in [-0.1, -0.05) is 152 Å². The van der Waals surface area contributed by atoms with Crippen LogP contribution in [0.4, 0.5) is 0 Å². The van der Waals surface area contributed by atoms with Gasteiger partial charge in [0, 0.05) is 12.8 Å². The van der Waals surface area contributed by atoms with E-state index in [9.17, 15) is 19.0 Å². The molecule has 2 atom stereocenters. The molecular formula is C48H88NO8P. The smallest absolute Gasteiger partial charge is 0.306 e. The summed E-state index contributed by atoms with van der Waals surface area (Å²) in [4.78, 5) is 37.6. The fourth-order valence-electron chi connectivity index (χ4n) is 6.13. The van der Waals surface area contributed by atoms with Crippen LogP contribution in [0.15, 0.2) is 48.6 Å². The fraction of sp³-hybridized carbons (Fsp3) is 0.792. The van der Waals surface area contributed by atoms with Crippen molar-refractivity contribution in [3.63, 3.8) is 0 Å². The maximum atomic E-state index is 12.7. The van der Waals surface area contributed by atoms with Crippen molar-refractivity contribution in [3.05, 3.63) is 48.6 Å². The van der Waals surface area contributed by atoms with Crippen LogP contribution in [0.2, 0.25) is 0 Å². The third kappa shape index (κ3) is 43.5. The average Bonchev–Trinajstić information content (AvgIpc) is 3.17. The highest BCUT2D eigenvalue weighted by Gasteiger charge is 2.21. The quantitative estimate of drug-likeness (QED) is 0.0196. The molecular weight excluding hydrogens is 750 g/mol. The van der Waals surface area contributed by atoms with E-state index < -0.39 is 32.5 Å². The van der Waals surface area contributed by atoms with E-state index in [-0.39, 0.29) is 26.1 Å². The molecule has 0 aromatic heterocycles. The molecule has 0 aliphatic heterocycles. The molecule has 0 rings (SSSR count). The van der Waals surface area contributed by atoms with E-state index in [0.717, 1.165) is 51.4 Å². The van der Waals surface area contributed by atoms with Gasteiger partial charge >= 0.3 is 11.9 Å². The van der Waals surface area contributed by atoms with Gasteiger partial charge in [0.05, 0.1) is 27.7 Å². The zero-order valence-corrected chi connectivity index (χ0v) is 38.9. The van der Waals surface area contributed by atoms with Crippen molar-refractivity contribution in [2.24, 2.45) is 0 Å². The van der Waals surface area contributed by atoms with Crippen LogP contribution in [0, 0.1) is 0 Å². The number of quaternary nitrogens is 1. The normalized spacial score (nSPS) is 14.0. The summed E-state index contributed by atoms with van der Waals surface area (Å²) in [5.74, 6) is -0.881. The second-order valence-electron chi connectivity index (χ2n) is 16.8. The summed E-state index contributed by atoms with van der Waals surface area (Å²) in [5, 5.41) is 0. The van der Waals surface area contributed by atoms with Gasteiger partial charge in [-0.3, -0.25) is 14.2 Å². The van der Waals surface area contributed by atoms with Crippen molar-refractivity contribution in [1.29, 1.82) is 0 Å². The number of nitrogens with zero attached hydrogens (tertiary/aromatic N) is 1. The maximum Gasteiger partial charge on any atom is 0.306 e. The number of hydrogen-bond donors (Lipinski definition) is 0. The Labute approximate surface area is 356 Å². The molecule has 0 fully saturated rings. The molecule has 58 heavy (non-hydrogen) atoms. The number of unbranched alkanes of at least 4 members (excludes halogenated alkanes) is 20. The van der Waals surface area contributed by atoms with Gasteiger partial charge in [0.25, 0.3) is 7.82 Å². The summed E-state index contributed by atoms with van der Waals surface area (Å²) in [5.41, 5.74) is 0. The maximum absolute atomic E-state index is 12.7.